The number of rotatable bonds is 23. The third-order valence-corrected chi connectivity index (χ3v) is 14.6. The molecular formula is C18H48O10Si7. The van der Waals surface area contributed by atoms with E-state index < -0.39 is 90.8 Å². The zero-order chi connectivity index (χ0) is 26.7. The topological polar surface area (TPSA) is 111 Å². The molecule has 17 heteroatoms. The highest BCUT2D eigenvalue weighted by molar-refractivity contribution is 6.66. The molecule has 0 amide bonds. The predicted octanol–water partition coefficient (Wildman–Crippen LogP) is -2.27. The van der Waals surface area contributed by atoms with E-state index in [4.69, 9.17) is 36.0 Å². The molecule has 208 valence electrons. The van der Waals surface area contributed by atoms with Crippen LogP contribution in [-0.4, -0.2) is 109 Å². The SMILES string of the molecule is C=C(C)C(=O)OC(O)CCOCCC[SiH](C(O[SiH2]C)(O[SiH2]C)O[SiH2]C)C(O[SiH2]C)(O[SiH2]C)O[SiH2]C. The molecule has 0 saturated carbocycles. The Morgan fingerprint density at radius 2 is 1.23 bits per heavy atom. The van der Waals surface area contributed by atoms with Crippen LogP contribution in [0.2, 0.25) is 45.3 Å². The first-order valence-electron chi connectivity index (χ1n) is 12.7. The number of aliphatic hydroxyl groups excluding tert-OH is 1. The van der Waals surface area contributed by atoms with Gasteiger partial charge in [0.05, 0.1) is 6.61 Å². The zero-order valence-electron chi connectivity index (χ0n) is 22.8. The van der Waals surface area contributed by atoms with Gasteiger partial charge in [-0.25, -0.2) is 4.79 Å². The Labute approximate surface area is 226 Å². The largest absolute Gasteiger partial charge is 0.433 e. The summed E-state index contributed by atoms with van der Waals surface area (Å²) in [5.41, 5.74) is -1.88. The molecule has 0 saturated heterocycles. The van der Waals surface area contributed by atoms with Crippen molar-refractivity contribution in [2.75, 3.05) is 13.2 Å². The van der Waals surface area contributed by atoms with Crippen molar-refractivity contribution in [1.82, 2.24) is 0 Å². The highest BCUT2D eigenvalue weighted by atomic mass is 28.3. The molecule has 0 bridgehead atoms. The highest BCUT2D eigenvalue weighted by Gasteiger charge is 2.56. The average Bonchev–Trinajstić information content (AvgIpc) is 2.79. The Hall–Kier alpha value is 0.408. The van der Waals surface area contributed by atoms with E-state index in [9.17, 15) is 9.90 Å². The van der Waals surface area contributed by atoms with Crippen LogP contribution in [0.4, 0.5) is 0 Å². The van der Waals surface area contributed by atoms with Gasteiger partial charge in [-0.1, -0.05) is 45.9 Å². The molecule has 1 N–H and O–H groups in total. The summed E-state index contributed by atoms with van der Waals surface area (Å²) >= 11 is 0. The predicted molar refractivity (Wildman–Crippen MR) is 157 cm³/mol. The fraction of sp³-hybridized carbons (Fsp3) is 0.833. The highest BCUT2D eigenvalue weighted by Crippen LogP contribution is 2.33. The van der Waals surface area contributed by atoms with Crippen LogP contribution in [-0.2, 0) is 40.8 Å². The minimum Gasteiger partial charge on any atom is -0.433 e. The van der Waals surface area contributed by atoms with E-state index in [2.05, 4.69) is 45.9 Å². The van der Waals surface area contributed by atoms with E-state index in [0.717, 1.165) is 12.5 Å². The second-order valence-corrected chi connectivity index (χ2v) is 15.8. The molecule has 0 aromatic carbocycles. The monoisotopic (exact) mass is 620 g/mol. The molecule has 0 heterocycles. The van der Waals surface area contributed by atoms with Gasteiger partial charge in [-0.05, 0) is 19.4 Å². The molecule has 1 atom stereocenters. The van der Waals surface area contributed by atoms with Gasteiger partial charge in [0.1, 0.15) is 0 Å². The summed E-state index contributed by atoms with van der Waals surface area (Å²) in [7, 11) is -7.35. The molecule has 10 nitrogen and oxygen atoms in total. The van der Waals surface area contributed by atoms with Crippen LogP contribution in [0.5, 0.6) is 0 Å². The third kappa shape index (κ3) is 12.7. The normalized spacial score (nSPS) is 18.9. The number of esters is 1. The van der Waals surface area contributed by atoms with Gasteiger partial charge < -0.3 is 41.1 Å². The summed E-state index contributed by atoms with van der Waals surface area (Å²) in [4.78, 5) is 11.5. The van der Waals surface area contributed by atoms with Gasteiger partial charge in [0.2, 0.25) is 26.3 Å². The van der Waals surface area contributed by atoms with E-state index in [-0.39, 0.29) is 18.6 Å². The van der Waals surface area contributed by atoms with Gasteiger partial charge in [0.15, 0.2) is 58.6 Å². The maximum atomic E-state index is 11.5. The van der Waals surface area contributed by atoms with E-state index in [1.165, 1.54) is 6.92 Å². The summed E-state index contributed by atoms with van der Waals surface area (Å²) in [6.07, 6.45) is -0.311. The van der Waals surface area contributed by atoms with Crippen LogP contribution in [0, 0.1) is 0 Å². The summed E-state index contributed by atoms with van der Waals surface area (Å²) in [5, 5.41) is 9.85. The number of aliphatic hydroxyl groups is 1. The van der Waals surface area contributed by atoms with Crippen molar-refractivity contribution in [2.45, 2.75) is 82.6 Å². The van der Waals surface area contributed by atoms with Crippen molar-refractivity contribution in [3.8, 4) is 0 Å². The van der Waals surface area contributed by atoms with Crippen molar-refractivity contribution in [3.63, 3.8) is 0 Å². The van der Waals surface area contributed by atoms with Crippen LogP contribution in [0.15, 0.2) is 12.2 Å². The Morgan fingerprint density at radius 1 is 0.829 bits per heavy atom. The molecule has 0 fully saturated rings. The second kappa shape index (κ2) is 20.4. The molecule has 0 aliphatic carbocycles. The number of ether oxygens (including phenoxy) is 2. The Bertz CT molecular complexity index is 530. The van der Waals surface area contributed by atoms with Crippen molar-refractivity contribution in [1.29, 1.82) is 0 Å². The lowest BCUT2D eigenvalue weighted by molar-refractivity contribution is -0.238. The van der Waals surface area contributed by atoms with Gasteiger partial charge in [-0.3, -0.25) is 0 Å². The molecule has 0 spiro atoms. The van der Waals surface area contributed by atoms with Crippen molar-refractivity contribution < 1.29 is 45.9 Å². The van der Waals surface area contributed by atoms with Gasteiger partial charge >= 0.3 is 5.97 Å². The van der Waals surface area contributed by atoms with E-state index in [1.54, 1.807) is 0 Å². The second-order valence-electron chi connectivity index (χ2n) is 7.54. The van der Waals surface area contributed by atoms with Crippen LogP contribution in [0.3, 0.4) is 0 Å². The molecule has 0 aliphatic heterocycles. The van der Waals surface area contributed by atoms with Crippen LogP contribution >= 0.6 is 0 Å². The van der Waals surface area contributed by atoms with Crippen LogP contribution in [0.25, 0.3) is 0 Å². The van der Waals surface area contributed by atoms with Gasteiger partial charge in [-0.2, -0.15) is 0 Å². The summed E-state index contributed by atoms with van der Waals surface area (Å²) in [5.74, 6) is -0.615. The van der Waals surface area contributed by atoms with E-state index >= 15 is 0 Å². The maximum Gasteiger partial charge on any atom is 0.335 e. The lowest BCUT2D eigenvalue weighted by atomic mass is 10.3. The Kier molecular flexibility index (Phi) is 20.6. The number of hydrogen-bond acceptors (Lipinski definition) is 10. The molecule has 0 aliphatic rings. The van der Waals surface area contributed by atoms with E-state index in [1.807, 2.05) is 0 Å². The zero-order valence-corrected chi connectivity index (χ0v) is 32.4. The first-order chi connectivity index (χ1) is 16.7. The van der Waals surface area contributed by atoms with E-state index in [0.29, 0.717) is 6.61 Å². The lowest BCUT2D eigenvalue weighted by Crippen LogP contribution is -2.68. The fourth-order valence-corrected chi connectivity index (χ4v) is 17.5. The number of carbonyl (C=O) groups is 1. The number of hydrogen-bond donors (Lipinski definition) is 1. The lowest BCUT2D eigenvalue weighted by Gasteiger charge is -2.48. The van der Waals surface area contributed by atoms with Gasteiger partial charge in [0, 0.05) is 18.6 Å². The van der Waals surface area contributed by atoms with Gasteiger partial charge in [0.25, 0.3) is 0 Å². The van der Waals surface area contributed by atoms with Crippen molar-refractivity contribution in [2.24, 2.45) is 0 Å². The first-order valence-corrected chi connectivity index (χ1v) is 26.6. The minimum absolute atomic E-state index is 0.188. The Balaban J connectivity index is 5.51. The molecular weight excluding hydrogens is 573 g/mol. The van der Waals surface area contributed by atoms with Gasteiger partial charge in [-0.15, -0.1) is 0 Å². The van der Waals surface area contributed by atoms with Crippen LogP contribution < -0.4 is 0 Å². The molecule has 1 unspecified atom stereocenters. The molecule has 35 heavy (non-hydrogen) atoms. The third-order valence-electron chi connectivity index (χ3n) is 4.81. The molecule has 0 aromatic heterocycles. The summed E-state index contributed by atoms with van der Waals surface area (Å²) in [6, 6.07) is 0.738. The Morgan fingerprint density at radius 3 is 1.57 bits per heavy atom. The average molecular weight is 621 g/mol. The standard InChI is InChI=1S/C18H48O10Si7/c1-14(2)16(20)22-15(19)10-12-21-11-9-13-35(17(23-29-3,24-30-4)25-31-5)18(26-32-6,27-33-7)28-34-8/h15,19,35H,1,9-13,29-34H2,2-8H3. The molecule has 0 rings (SSSR count). The molecule has 0 aromatic rings. The first kappa shape index (κ1) is 35.4. The van der Waals surface area contributed by atoms with Crippen molar-refractivity contribution in [3.05, 3.63) is 12.2 Å². The maximum absolute atomic E-state index is 11.5. The quantitative estimate of drug-likeness (QED) is 0.0441. The molecule has 0 radical (unpaired) electrons. The summed E-state index contributed by atoms with van der Waals surface area (Å²) in [6.45, 7) is 18.3. The van der Waals surface area contributed by atoms with Crippen molar-refractivity contribution >= 4 is 73.3 Å². The minimum atomic E-state index is -2.28. The summed E-state index contributed by atoms with van der Waals surface area (Å²) < 4.78 is 48.9. The smallest absolute Gasteiger partial charge is 0.335 e. The number of carbonyl (C=O) groups excluding carboxylic acids is 1. The fourth-order valence-electron chi connectivity index (χ4n) is 3.59. The van der Waals surface area contributed by atoms with Crippen LogP contribution in [0.1, 0.15) is 19.8 Å².